The summed E-state index contributed by atoms with van der Waals surface area (Å²) in [5, 5.41) is 5.46. The Bertz CT molecular complexity index is 488. The largest absolute Gasteiger partial charge is 0.346 e. The second kappa shape index (κ2) is 5.56. The van der Waals surface area contributed by atoms with Gasteiger partial charge in [-0.05, 0) is 36.7 Å². The van der Waals surface area contributed by atoms with Crippen molar-refractivity contribution in [2.24, 2.45) is 5.92 Å². The SMILES string of the molecule is CC(C)CNCCn1ccc2cc(Cl)ccc21. The highest BCUT2D eigenvalue weighted by atomic mass is 35.5. The van der Waals surface area contributed by atoms with Gasteiger partial charge in [-0.25, -0.2) is 0 Å². The van der Waals surface area contributed by atoms with Gasteiger partial charge < -0.3 is 9.88 Å². The molecule has 0 spiro atoms. The average Bonchev–Trinajstić information content (AvgIpc) is 2.66. The summed E-state index contributed by atoms with van der Waals surface area (Å²) in [5.74, 6) is 0.704. The number of nitrogens with one attached hydrogen (secondary N) is 1. The van der Waals surface area contributed by atoms with E-state index >= 15 is 0 Å². The molecule has 0 aliphatic heterocycles. The lowest BCUT2D eigenvalue weighted by Crippen LogP contribution is -2.23. The monoisotopic (exact) mass is 250 g/mol. The van der Waals surface area contributed by atoms with Gasteiger partial charge in [0, 0.05) is 35.2 Å². The van der Waals surface area contributed by atoms with Crippen molar-refractivity contribution < 1.29 is 0 Å². The van der Waals surface area contributed by atoms with E-state index in [9.17, 15) is 0 Å². The van der Waals surface area contributed by atoms with Crippen LogP contribution in [-0.2, 0) is 6.54 Å². The van der Waals surface area contributed by atoms with E-state index in [4.69, 9.17) is 11.6 Å². The van der Waals surface area contributed by atoms with Crippen molar-refractivity contribution >= 4 is 22.5 Å². The van der Waals surface area contributed by atoms with Crippen LogP contribution in [0.25, 0.3) is 10.9 Å². The van der Waals surface area contributed by atoms with Crippen LogP contribution in [-0.4, -0.2) is 17.7 Å². The Morgan fingerprint density at radius 3 is 2.88 bits per heavy atom. The summed E-state index contributed by atoms with van der Waals surface area (Å²) >= 11 is 5.97. The summed E-state index contributed by atoms with van der Waals surface area (Å²) in [7, 11) is 0. The Morgan fingerprint density at radius 2 is 2.12 bits per heavy atom. The number of rotatable bonds is 5. The lowest BCUT2D eigenvalue weighted by Gasteiger charge is -2.09. The van der Waals surface area contributed by atoms with E-state index < -0.39 is 0 Å². The van der Waals surface area contributed by atoms with Crippen molar-refractivity contribution in [1.82, 2.24) is 9.88 Å². The third-order valence-corrected chi connectivity index (χ3v) is 3.05. The van der Waals surface area contributed by atoms with Crippen LogP contribution in [0.1, 0.15) is 13.8 Å². The van der Waals surface area contributed by atoms with Crippen LogP contribution in [0.5, 0.6) is 0 Å². The van der Waals surface area contributed by atoms with Crippen molar-refractivity contribution in [1.29, 1.82) is 0 Å². The third kappa shape index (κ3) is 3.24. The molecule has 0 fully saturated rings. The fourth-order valence-corrected chi connectivity index (χ4v) is 2.14. The van der Waals surface area contributed by atoms with Crippen molar-refractivity contribution in [3.05, 3.63) is 35.5 Å². The number of hydrogen-bond acceptors (Lipinski definition) is 1. The molecule has 92 valence electrons. The number of benzene rings is 1. The van der Waals surface area contributed by atoms with Gasteiger partial charge in [0.15, 0.2) is 0 Å². The normalized spacial score (nSPS) is 11.5. The zero-order valence-electron chi connectivity index (χ0n) is 10.4. The molecule has 1 N–H and O–H groups in total. The Labute approximate surface area is 108 Å². The molecule has 1 aromatic heterocycles. The number of fused-ring (bicyclic) bond motifs is 1. The van der Waals surface area contributed by atoms with Gasteiger partial charge in [-0.15, -0.1) is 0 Å². The molecule has 2 aromatic rings. The Morgan fingerprint density at radius 1 is 1.29 bits per heavy atom. The summed E-state index contributed by atoms with van der Waals surface area (Å²) in [4.78, 5) is 0. The van der Waals surface area contributed by atoms with Crippen molar-refractivity contribution in [2.45, 2.75) is 20.4 Å². The highest BCUT2D eigenvalue weighted by Crippen LogP contribution is 2.20. The Balaban J connectivity index is 1.99. The summed E-state index contributed by atoms with van der Waals surface area (Å²) < 4.78 is 2.26. The molecular formula is C14H19ClN2. The maximum Gasteiger partial charge on any atom is 0.0481 e. The van der Waals surface area contributed by atoms with Gasteiger partial charge in [0.1, 0.15) is 0 Å². The van der Waals surface area contributed by atoms with Gasteiger partial charge in [0.05, 0.1) is 0 Å². The molecule has 2 nitrogen and oxygen atoms in total. The summed E-state index contributed by atoms with van der Waals surface area (Å²) in [5.41, 5.74) is 1.25. The van der Waals surface area contributed by atoms with Gasteiger partial charge in [-0.2, -0.15) is 0 Å². The van der Waals surface area contributed by atoms with Gasteiger partial charge in [0.25, 0.3) is 0 Å². The minimum absolute atomic E-state index is 0.704. The quantitative estimate of drug-likeness (QED) is 0.804. The molecule has 0 saturated carbocycles. The molecule has 17 heavy (non-hydrogen) atoms. The topological polar surface area (TPSA) is 17.0 Å². The first-order chi connectivity index (χ1) is 8.16. The van der Waals surface area contributed by atoms with E-state index in [2.05, 4.69) is 42.1 Å². The van der Waals surface area contributed by atoms with E-state index in [1.54, 1.807) is 0 Å². The molecular weight excluding hydrogens is 232 g/mol. The highest BCUT2D eigenvalue weighted by molar-refractivity contribution is 6.31. The van der Waals surface area contributed by atoms with Gasteiger partial charge in [-0.1, -0.05) is 25.4 Å². The van der Waals surface area contributed by atoms with Crippen LogP contribution in [0.3, 0.4) is 0 Å². The van der Waals surface area contributed by atoms with Crippen LogP contribution in [0, 0.1) is 5.92 Å². The molecule has 1 heterocycles. The summed E-state index contributed by atoms with van der Waals surface area (Å²) in [6.07, 6.45) is 2.12. The predicted octanol–water partition coefficient (Wildman–Crippen LogP) is 3.54. The van der Waals surface area contributed by atoms with Crippen LogP contribution >= 0.6 is 11.6 Å². The van der Waals surface area contributed by atoms with Crippen molar-refractivity contribution in [3.8, 4) is 0 Å². The van der Waals surface area contributed by atoms with Crippen LogP contribution in [0.4, 0.5) is 0 Å². The number of hydrogen-bond donors (Lipinski definition) is 1. The van der Waals surface area contributed by atoms with Crippen molar-refractivity contribution in [2.75, 3.05) is 13.1 Å². The minimum atomic E-state index is 0.704. The third-order valence-electron chi connectivity index (χ3n) is 2.82. The van der Waals surface area contributed by atoms with Gasteiger partial charge >= 0.3 is 0 Å². The molecule has 0 bridgehead atoms. The molecule has 0 amide bonds. The predicted molar refractivity (Wildman–Crippen MR) is 74.7 cm³/mol. The lowest BCUT2D eigenvalue weighted by atomic mass is 10.2. The molecule has 0 radical (unpaired) electrons. The molecule has 3 heteroatoms. The van der Waals surface area contributed by atoms with Gasteiger partial charge in [-0.3, -0.25) is 0 Å². The van der Waals surface area contributed by atoms with Crippen LogP contribution in [0.15, 0.2) is 30.5 Å². The van der Waals surface area contributed by atoms with E-state index in [0.29, 0.717) is 5.92 Å². The second-order valence-corrected chi connectivity index (χ2v) is 5.25. The standard InChI is InChI=1S/C14H19ClN2/c1-11(2)10-16-6-8-17-7-5-12-9-13(15)3-4-14(12)17/h3-5,7,9,11,16H,6,8,10H2,1-2H3. The lowest BCUT2D eigenvalue weighted by molar-refractivity contribution is 0.529. The summed E-state index contributed by atoms with van der Waals surface area (Å²) in [6.45, 7) is 7.52. The number of aromatic nitrogens is 1. The van der Waals surface area contributed by atoms with Crippen LogP contribution < -0.4 is 5.32 Å². The average molecular weight is 251 g/mol. The molecule has 1 aromatic carbocycles. The zero-order chi connectivity index (χ0) is 12.3. The smallest absolute Gasteiger partial charge is 0.0481 e. The zero-order valence-corrected chi connectivity index (χ0v) is 11.2. The summed E-state index contributed by atoms with van der Waals surface area (Å²) in [6, 6.07) is 8.15. The molecule has 2 rings (SSSR count). The molecule has 0 atom stereocenters. The molecule has 0 aliphatic rings. The van der Waals surface area contributed by atoms with E-state index in [-0.39, 0.29) is 0 Å². The molecule has 0 aliphatic carbocycles. The fourth-order valence-electron chi connectivity index (χ4n) is 1.96. The Kier molecular flexibility index (Phi) is 4.08. The number of halogens is 1. The minimum Gasteiger partial charge on any atom is -0.346 e. The second-order valence-electron chi connectivity index (χ2n) is 4.81. The first-order valence-corrected chi connectivity index (χ1v) is 6.50. The maximum atomic E-state index is 5.97. The maximum absolute atomic E-state index is 5.97. The van der Waals surface area contributed by atoms with Gasteiger partial charge in [0.2, 0.25) is 0 Å². The van der Waals surface area contributed by atoms with E-state index in [1.165, 1.54) is 10.9 Å². The van der Waals surface area contributed by atoms with E-state index in [0.717, 1.165) is 24.7 Å². The first-order valence-electron chi connectivity index (χ1n) is 6.12. The van der Waals surface area contributed by atoms with Crippen LogP contribution in [0.2, 0.25) is 5.02 Å². The first kappa shape index (κ1) is 12.5. The fraction of sp³-hybridized carbons (Fsp3) is 0.429. The van der Waals surface area contributed by atoms with E-state index in [1.807, 2.05) is 12.1 Å². The van der Waals surface area contributed by atoms with Crippen molar-refractivity contribution in [3.63, 3.8) is 0 Å². The molecule has 0 saturated heterocycles. The number of nitrogens with zero attached hydrogens (tertiary/aromatic N) is 1. The highest BCUT2D eigenvalue weighted by Gasteiger charge is 2.01. The molecule has 0 unspecified atom stereocenters. The Hall–Kier alpha value is -0.990.